The number of amides is 1. The molecule has 0 unspecified atom stereocenters. The summed E-state index contributed by atoms with van der Waals surface area (Å²) in [5.41, 5.74) is 3.69. The number of nitrogens with one attached hydrogen (secondary N) is 1. The van der Waals surface area contributed by atoms with Gasteiger partial charge in [0.25, 0.3) is 5.91 Å². The van der Waals surface area contributed by atoms with Crippen molar-refractivity contribution in [2.45, 2.75) is 32.7 Å². The maximum atomic E-state index is 12.5. The molecule has 0 saturated heterocycles. The van der Waals surface area contributed by atoms with Crippen LogP contribution in [0.25, 0.3) is 17.1 Å². The highest BCUT2D eigenvalue weighted by molar-refractivity contribution is 6.30. The highest BCUT2D eigenvalue weighted by atomic mass is 35.5. The molecular weight excluding hydrogens is 486 g/mol. The number of rotatable bonds is 12. The summed E-state index contributed by atoms with van der Waals surface area (Å²) < 4.78 is 13.7. The quantitative estimate of drug-likeness (QED) is 0.216. The molecule has 0 aliphatic carbocycles. The van der Waals surface area contributed by atoms with Crippen molar-refractivity contribution in [2.24, 2.45) is 0 Å². The summed E-state index contributed by atoms with van der Waals surface area (Å²) in [4.78, 5) is 17.3. The van der Waals surface area contributed by atoms with Crippen LogP contribution in [0.5, 0.6) is 11.5 Å². The van der Waals surface area contributed by atoms with E-state index in [0.29, 0.717) is 30.2 Å². The van der Waals surface area contributed by atoms with Gasteiger partial charge in [0.05, 0.1) is 24.8 Å². The third-order valence-electron chi connectivity index (χ3n) is 6.03. The van der Waals surface area contributed by atoms with Crippen molar-refractivity contribution in [2.75, 3.05) is 20.3 Å². The van der Waals surface area contributed by atoms with E-state index in [2.05, 4.69) is 16.0 Å². The fourth-order valence-electron chi connectivity index (χ4n) is 4.24. The van der Waals surface area contributed by atoms with Crippen LogP contribution in [0, 0.1) is 0 Å². The molecule has 0 aliphatic heterocycles. The number of hydrogen-bond donors (Lipinski definition) is 1. The van der Waals surface area contributed by atoms with Crippen molar-refractivity contribution in [3.05, 3.63) is 94.8 Å². The van der Waals surface area contributed by atoms with Crippen LogP contribution >= 0.6 is 11.6 Å². The standard InChI is InChI=1S/C30H32ClN3O3/c1-3-9-22-14-15-27(28(20-22)36-2)37-19-7-6-18-34-26-13-5-4-12-25(26)33-29(34)16-17-32-30(35)23-10-8-11-24(31)21-23/h3-5,8-15,20-21H,6-7,16-19H2,1-2H3,(H,32,35)/b9-3+. The number of benzene rings is 3. The lowest BCUT2D eigenvalue weighted by Crippen LogP contribution is -2.26. The van der Waals surface area contributed by atoms with Crippen molar-refractivity contribution >= 4 is 34.6 Å². The van der Waals surface area contributed by atoms with E-state index in [1.807, 2.05) is 55.5 Å². The molecule has 0 spiro atoms. The first kappa shape index (κ1) is 26.3. The summed E-state index contributed by atoms with van der Waals surface area (Å²) in [6, 6.07) is 21.0. The van der Waals surface area contributed by atoms with Gasteiger partial charge in [0.2, 0.25) is 0 Å². The number of ether oxygens (including phenoxy) is 2. The lowest BCUT2D eigenvalue weighted by Gasteiger charge is -2.13. The fourth-order valence-corrected chi connectivity index (χ4v) is 4.43. The Balaban J connectivity index is 1.33. The van der Waals surface area contributed by atoms with Gasteiger partial charge in [-0.3, -0.25) is 4.79 Å². The number of fused-ring (bicyclic) bond motifs is 1. The smallest absolute Gasteiger partial charge is 0.251 e. The number of hydrogen-bond acceptors (Lipinski definition) is 4. The lowest BCUT2D eigenvalue weighted by atomic mass is 10.2. The SMILES string of the molecule is C/C=C/c1ccc(OCCCCn2c(CCNC(=O)c3cccc(Cl)c3)nc3ccccc32)c(OC)c1. The molecular formula is C30H32ClN3O3. The van der Waals surface area contributed by atoms with Gasteiger partial charge >= 0.3 is 0 Å². The zero-order valence-electron chi connectivity index (χ0n) is 21.2. The molecule has 1 heterocycles. The van der Waals surface area contributed by atoms with Gasteiger partial charge in [0.1, 0.15) is 5.82 Å². The van der Waals surface area contributed by atoms with Crippen LogP contribution < -0.4 is 14.8 Å². The number of methoxy groups -OCH3 is 1. The van der Waals surface area contributed by atoms with Crippen LogP contribution in [0.15, 0.2) is 72.8 Å². The minimum Gasteiger partial charge on any atom is -0.493 e. The number of para-hydroxylation sites is 2. The number of aromatic nitrogens is 2. The average Bonchev–Trinajstić information content (AvgIpc) is 3.26. The van der Waals surface area contributed by atoms with Crippen LogP contribution in [-0.4, -0.2) is 35.7 Å². The number of aryl methyl sites for hydroxylation is 1. The van der Waals surface area contributed by atoms with Gasteiger partial charge < -0.3 is 19.4 Å². The predicted octanol–water partition coefficient (Wildman–Crippen LogP) is 6.56. The Bertz CT molecular complexity index is 1380. The molecule has 1 aromatic heterocycles. The molecule has 4 aromatic rings. The molecule has 6 nitrogen and oxygen atoms in total. The third kappa shape index (κ3) is 6.92. The topological polar surface area (TPSA) is 65.4 Å². The first-order valence-electron chi connectivity index (χ1n) is 12.5. The minimum atomic E-state index is -0.142. The van der Waals surface area contributed by atoms with Crippen LogP contribution in [0.2, 0.25) is 5.02 Å². The number of carbonyl (C=O) groups is 1. The largest absolute Gasteiger partial charge is 0.493 e. The van der Waals surface area contributed by atoms with E-state index in [0.717, 1.165) is 53.3 Å². The van der Waals surface area contributed by atoms with Crippen molar-refractivity contribution in [3.8, 4) is 11.5 Å². The minimum absolute atomic E-state index is 0.142. The molecule has 0 saturated carbocycles. The van der Waals surface area contributed by atoms with Gasteiger partial charge in [0.15, 0.2) is 11.5 Å². The molecule has 0 atom stereocenters. The number of carbonyl (C=O) groups excluding carboxylic acids is 1. The molecule has 192 valence electrons. The maximum Gasteiger partial charge on any atom is 0.251 e. The Morgan fingerprint density at radius 3 is 2.73 bits per heavy atom. The van der Waals surface area contributed by atoms with Gasteiger partial charge in [-0.1, -0.05) is 48.0 Å². The third-order valence-corrected chi connectivity index (χ3v) is 6.27. The van der Waals surface area contributed by atoms with E-state index >= 15 is 0 Å². The number of allylic oxidation sites excluding steroid dienone is 1. The number of imidazole rings is 1. The molecule has 0 radical (unpaired) electrons. The van der Waals surface area contributed by atoms with Gasteiger partial charge in [-0.05, 0) is 67.8 Å². The molecule has 37 heavy (non-hydrogen) atoms. The molecule has 0 bridgehead atoms. The molecule has 0 fully saturated rings. The van der Waals surface area contributed by atoms with E-state index in [4.69, 9.17) is 26.1 Å². The predicted molar refractivity (Wildman–Crippen MR) is 150 cm³/mol. The number of halogens is 1. The van der Waals surface area contributed by atoms with Gasteiger partial charge in [-0.25, -0.2) is 4.98 Å². The first-order chi connectivity index (χ1) is 18.1. The van der Waals surface area contributed by atoms with Crippen molar-refractivity contribution in [3.63, 3.8) is 0 Å². The van der Waals surface area contributed by atoms with Gasteiger partial charge in [-0.2, -0.15) is 0 Å². The van der Waals surface area contributed by atoms with E-state index in [1.54, 1.807) is 31.4 Å². The van der Waals surface area contributed by atoms with E-state index in [9.17, 15) is 4.79 Å². The second kappa shape index (κ2) is 13.0. The Morgan fingerprint density at radius 2 is 1.92 bits per heavy atom. The Labute approximate surface area is 222 Å². The second-order valence-corrected chi connectivity index (χ2v) is 9.09. The maximum absolute atomic E-state index is 12.5. The van der Waals surface area contributed by atoms with Gasteiger partial charge in [-0.15, -0.1) is 0 Å². The highest BCUT2D eigenvalue weighted by Gasteiger charge is 2.12. The van der Waals surface area contributed by atoms with Crippen LogP contribution in [0.3, 0.4) is 0 Å². The molecule has 1 amide bonds. The molecule has 4 rings (SSSR count). The number of nitrogens with zero attached hydrogens (tertiary/aromatic N) is 2. The number of unbranched alkanes of at least 4 members (excludes halogenated alkanes) is 1. The zero-order valence-corrected chi connectivity index (χ0v) is 22.0. The average molecular weight is 518 g/mol. The summed E-state index contributed by atoms with van der Waals surface area (Å²) in [6.45, 7) is 3.89. The van der Waals surface area contributed by atoms with E-state index in [1.165, 1.54) is 0 Å². The molecule has 3 aromatic carbocycles. The monoisotopic (exact) mass is 517 g/mol. The molecule has 1 N–H and O–H groups in total. The summed E-state index contributed by atoms with van der Waals surface area (Å²) in [6.07, 6.45) is 6.48. The highest BCUT2D eigenvalue weighted by Crippen LogP contribution is 2.29. The normalized spacial score (nSPS) is 11.2. The molecule has 0 aliphatic rings. The van der Waals surface area contributed by atoms with Crippen LogP contribution in [-0.2, 0) is 13.0 Å². The van der Waals surface area contributed by atoms with Crippen LogP contribution in [0.1, 0.15) is 41.5 Å². The summed E-state index contributed by atoms with van der Waals surface area (Å²) in [5.74, 6) is 2.30. The first-order valence-corrected chi connectivity index (χ1v) is 12.9. The fraction of sp³-hybridized carbons (Fsp3) is 0.267. The van der Waals surface area contributed by atoms with Crippen molar-refractivity contribution in [1.29, 1.82) is 0 Å². The van der Waals surface area contributed by atoms with Crippen molar-refractivity contribution in [1.82, 2.24) is 14.9 Å². The second-order valence-electron chi connectivity index (χ2n) is 8.65. The van der Waals surface area contributed by atoms with E-state index < -0.39 is 0 Å². The Kier molecular flexibility index (Phi) is 9.22. The van der Waals surface area contributed by atoms with Gasteiger partial charge in [0, 0.05) is 30.1 Å². The summed E-state index contributed by atoms with van der Waals surface area (Å²) >= 11 is 6.01. The Hall–Kier alpha value is -3.77. The van der Waals surface area contributed by atoms with Crippen LogP contribution in [0.4, 0.5) is 0 Å². The summed E-state index contributed by atoms with van der Waals surface area (Å²) in [7, 11) is 1.66. The lowest BCUT2D eigenvalue weighted by molar-refractivity contribution is 0.0954. The molecule has 7 heteroatoms. The Morgan fingerprint density at radius 1 is 1.05 bits per heavy atom. The van der Waals surface area contributed by atoms with Crippen molar-refractivity contribution < 1.29 is 14.3 Å². The van der Waals surface area contributed by atoms with E-state index in [-0.39, 0.29) is 5.91 Å². The summed E-state index contributed by atoms with van der Waals surface area (Å²) in [5, 5.41) is 3.52. The zero-order chi connectivity index (χ0) is 26.0.